The molecular formula is C24H22F3N3O3S2. The molecule has 0 bridgehead atoms. The van der Waals surface area contributed by atoms with Crippen LogP contribution in [0.1, 0.15) is 55.8 Å². The van der Waals surface area contributed by atoms with Crippen molar-refractivity contribution in [3.8, 4) is 10.7 Å². The van der Waals surface area contributed by atoms with Crippen molar-refractivity contribution < 1.29 is 21.6 Å². The molecule has 0 spiro atoms. The van der Waals surface area contributed by atoms with Crippen molar-refractivity contribution in [3.63, 3.8) is 0 Å². The zero-order chi connectivity index (χ0) is 24.9. The number of imidazole rings is 1. The Hall–Kier alpha value is -2.66. The van der Waals surface area contributed by atoms with E-state index in [1.807, 2.05) is 18.2 Å². The van der Waals surface area contributed by atoms with Crippen molar-refractivity contribution in [3.05, 3.63) is 45.9 Å². The highest BCUT2D eigenvalue weighted by atomic mass is 32.2. The summed E-state index contributed by atoms with van der Waals surface area (Å²) in [6.07, 6.45) is -1.48. The minimum absolute atomic E-state index is 0.0378. The number of fused-ring (bicyclic) bond motifs is 2. The smallest absolute Gasteiger partial charge is 0.322 e. The topological polar surface area (TPSA) is 74.0 Å². The van der Waals surface area contributed by atoms with E-state index < -0.39 is 33.3 Å². The summed E-state index contributed by atoms with van der Waals surface area (Å²) in [6.45, 7) is 1.56. The van der Waals surface area contributed by atoms with Crippen molar-refractivity contribution in [2.75, 3.05) is 5.75 Å². The molecule has 35 heavy (non-hydrogen) atoms. The Morgan fingerprint density at radius 1 is 1.14 bits per heavy atom. The van der Waals surface area contributed by atoms with Gasteiger partial charge in [0.15, 0.2) is 15.7 Å². The number of halogens is 3. The van der Waals surface area contributed by atoms with E-state index in [9.17, 15) is 26.4 Å². The Balaban J connectivity index is 1.66. The molecule has 0 radical (unpaired) electrons. The number of hydrogen-bond donors (Lipinski definition) is 0. The molecule has 2 saturated carbocycles. The average Bonchev–Trinajstić information content (AvgIpc) is 3.72. The molecule has 3 aromatic heterocycles. The number of thiophene rings is 1. The summed E-state index contributed by atoms with van der Waals surface area (Å²) in [5.74, 6) is 0.529. The Bertz CT molecular complexity index is 1690. The summed E-state index contributed by atoms with van der Waals surface area (Å²) in [5.41, 5.74) is -0.675. The Kier molecular flexibility index (Phi) is 4.83. The molecular weight excluding hydrogens is 499 g/mol. The second kappa shape index (κ2) is 7.42. The number of aromatic nitrogens is 3. The normalized spacial score (nSPS) is 17.1. The maximum absolute atomic E-state index is 13.8. The highest BCUT2D eigenvalue weighted by molar-refractivity contribution is 7.92. The predicted octanol–water partition coefficient (Wildman–Crippen LogP) is 5.64. The third kappa shape index (κ3) is 3.54. The van der Waals surface area contributed by atoms with E-state index in [1.165, 1.54) is 15.9 Å². The van der Waals surface area contributed by atoms with Crippen molar-refractivity contribution in [2.24, 2.45) is 7.05 Å². The summed E-state index contributed by atoms with van der Waals surface area (Å²) in [4.78, 5) is 18.1. The Labute approximate surface area is 202 Å². The number of aryl methyl sites for hydroxylation is 1. The minimum Gasteiger partial charge on any atom is -0.322 e. The number of pyridine rings is 1. The second-order valence-corrected chi connectivity index (χ2v) is 12.6. The highest BCUT2D eigenvalue weighted by Crippen LogP contribution is 2.46. The van der Waals surface area contributed by atoms with Crippen molar-refractivity contribution in [2.45, 2.75) is 55.6 Å². The van der Waals surface area contributed by atoms with Crippen LogP contribution in [0.15, 0.2) is 34.0 Å². The maximum atomic E-state index is 13.8. The molecule has 0 atom stereocenters. The molecule has 2 aliphatic rings. The van der Waals surface area contributed by atoms with Crippen LogP contribution in [-0.4, -0.2) is 28.3 Å². The van der Waals surface area contributed by atoms with Gasteiger partial charge in [0.2, 0.25) is 0 Å². The van der Waals surface area contributed by atoms with E-state index in [1.54, 1.807) is 14.0 Å². The lowest BCUT2D eigenvalue weighted by Gasteiger charge is -2.15. The molecule has 11 heteroatoms. The third-order valence-electron chi connectivity index (χ3n) is 6.89. The van der Waals surface area contributed by atoms with Crippen LogP contribution in [0.25, 0.3) is 31.8 Å². The molecule has 0 N–H and O–H groups in total. The van der Waals surface area contributed by atoms with Gasteiger partial charge >= 0.3 is 6.18 Å². The zero-order valence-corrected chi connectivity index (χ0v) is 20.6. The van der Waals surface area contributed by atoms with Gasteiger partial charge < -0.3 is 4.57 Å². The predicted molar refractivity (Wildman–Crippen MR) is 129 cm³/mol. The molecule has 1 aromatic carbocycles. The molecule has 2 fully saturated rings. The molecule has 4 aromatic rings. The first-order chi connectivity index (χ1) is 16.5. The van der Waals surface area contributed by atoms with Gasteiger partial charge in [0.25, 0.3) is 5.56 Å². The SMILES string of the molecule is CCS(=O)(=O)c1c(-c2nc3cc(C(F)(F)F)n(C4CC4)c(=O)c3n2C)sc2cc(C3CC3)ccc12. The fraction of sp³-hybridized carbons (Fsp3) is 0.417. The molecule has 0 saturated heterocycles. The molecule has 2 aliphatic carbocycles. The van der Waals surface area contributed by atoms with E-state index >= 15 is 0 Å². The Morgan fingerprint density at radius 3 is 2.46 bits per heavy atom. The van der Waals surface area contributed by atoms with Crippen molar-refractivity contribution in [1.82, 2.24) is 14.1 Å². The van der Waals surface area contributed by atoms with Gasteiger partial charge in [0.1, 0.15) is 11.2 Å². The largest absolute Gasteiger partial charge is 0.431 e. The number of sulfone groups is 1. The molecule has 0 amide bonds. The van der Waals surface area contributed by atoms with E-state index in [-0.39, 0.29) is 27.5 Å². The van der Waals surface area contributed by atoms with Crippen LogP contribution in [0.2, 0.25) is 0 Å². The zero-order valence-electron chi connectivity index (χ0n) is 19.0. The quantitative estimate of drug-likeness (QED) is 0.341. The van der Waals surface area contributed by atoms with Gasteiger partial charge in [-0.25, -0.2) is 13.4 Å². The molecule has 6 rings (SSSR count). The molecule has 3 heterocycles. The van der Waals surface area contributed by atoms with Crippen molar-refractivity contribution >= 4 is 42.3 Å². The summed E-state index contributed by atoms with van der Waals surface area (Å²) in [7, 11) is -2.14. The van der Waals surface area contributed by atoms with E-state index in [0.717, 1.165) is 33.7 Å². The lowest BCUT2D eigenvalue weighted by atomic mass is 10.1. The van der Waals surface area contributed by atoms with Crippen LogP contribution in [0.5, 0.6) is 0 Å². The van der Waals surface area contributed by atoms with Crippen LogP contribution < -0.4 is 5.56 Å². The second-order valence-electron chi connectivity index (χ2n) is 9.36. The number of alkyl halides is 3. The van der Waals surface area contributed by atoms with Gasteiger partial charge in [-0.15, -0.1) is 11.3 Å². The minimum atomic E-state index is -4.71. The van der Waals surface area contributed by atoms with E-state index in [2.05, 4.69) is 4.98 Å². The van der Waals surface area contributed by atoms with E-state index in [0.29, 0.717) is 29.0 Å². The first kappa shape index (κ1) is 22.8. The molecule has 0 aliphatic heterocycles. The summed E-state index contributed by atoms with van der Waals surface area (Å²) < 4.78 is 70.9. The number of nitrogens with zero attached hydrogens (tertiary/aromatic N) is 3. The fourth-order valence-electron chi connectivity index (χ4n) is 4.77. The first-order valence-corrected chi connectivity index (χ1v) is 14.0. The summed E-state index contributed by atoms with van der Waals surface area (Å²) in [6, 6.07) is 6.19. The van der Waals surface area contributed by atoms with Gasteiger partial charge in [0, 0.05) is 23.2 Å². The molecule has 0 unspecified atom stereocenters. The summed E-state index contributed by atoms with van der Waals surface area (Å²) >= 11 is 1.25. The first-order valence-electron chi connectivity index (χ1n) is 11.5. The van der Waals surface area contributed by atoms with Gasteiger partial charge in [0.05, 0.1) is 21.0 Å². The van der Waals surface area contributed by atoms with Crippen LogP contribution in [0.4, 0.5) is 13.2 Å². The Morgan fingerprint density at radius 2 is 1.86 bits per heavy atom. The fourth-order valence-corrected chi connectivity index (χ4v) is 7.69. The van der Waals surface area contributed by atoms with Crippen LogP contribution in [-0.2, 0) is 23.1 Å². The number of benzene rings is 1. The molecule has 184 valence electrons. The lowest BCUT2D eigenvalue weighted by molar-refractivity contribution is -0.144. The average molecular weight is 522 g/mol. The van der Waals surface area contributed by atoms with Gasteiger partial charge in [-0.05, 0) is 49.3 Å². The summed E-state index contributed by atoms with van der Waals surface area (Å²) in [5, 5.41) is 0.578. The van der Waals surface area contributed by atoms with Crippen LogP contribution in [0, 0.1) is 0 Å². The standard InChI is InChI=1S/C24H22F3N3O3S2/c1-3-35(32,33)21-15-9-6-13(12-4-5-12)10-17(15)34-20(21)22-28-16-11-18(24(25,26)27)30(14-7-8-14)23(31)19(16)29(22)2/h6,9-12,14H,3-5,7-8H2,1-2H3. The monoisotopic (exact) mass is 521 g/mol. The number of hydrogen-bond acceptors (Lipinski definition) is 5. The van der Waals surface area contributed by atoms with Gasteiger partial charge in [-0.1, -0.05) is 19.1 Å². The molecule has 6 nitrogen and oxygen atoms in total. The van der Waals surface area contributed by atoms with E-state index in [4.69, 9.17) is 0 Å². The van der Waals surface area contributed by atoms with Crippen molar-refractivity contribution in [1.29, 1.82) is 0 Å². The third-order valence-corrected chi connectivity index (χ3v) is 9.97. The van der Waals surface area contributed by atoms with Crippen LogP contribution in [0.3, 0.4) is 0 Å². The van der Waals surface area contributed by atoms with Crippen LogP contribution >= 0.6 is 11.3 Å². The highest BCUT2D eigenvalue weighted by Gasteiger charge is 2.40. The maximum Gasteiger partial charge on any atom is 0.431 e. The lowest BCUT2D eigenvalue weighted by Crippen LogP contribution is -2.28. The van der Waals surface area contributed by atoms with Gasteiger partial charge in [-0.3, -0.25) is 9.36 Å². The van der Waals surface area contributed by atoms with Gasteiger partial charge in [-0.2, -0.15) is 13.2 Å². The number of rotatable bonds is 5.